The maximum Gasteiger partial charge on any atom is 0.416 e. The number of nitrogens with zero attached hydrogens (tertiary/aromatic N) is 1. The molecule has 4 aromatic rings. The quantitative estimate of drug-likeness (QED) is 0.355. The van der Waals surface area contributed by atoms with Crippen LogP contribution in [0, 0.1) is 6.92 Å². The summed E-state index contributed by atoms with van der Waals surface area (Å²) in [5.41, 5.74) is 2.90. The van der Waals surface area contributed by atoms with E-state index in [4.69, 9.17) is 4.74 Å². The predicted octanol–water partition coefficient (Wildman–Crippen LogP) is 6.47. The third kappa shape index (κ3) is 4.48. The number of aryl methyl sites for hydroxylation is 1. The Bertz CT molecular complexity index is 1320. The highest BCUT2D eigenvalue weighted by molar-refractivity contribution is 6.09. The van der Waals surface area contributed by atoms with Gasteiger partial charge < -0.3 is 15.0 Å². The van der Waals surface area contributed by atoms with Crippen molar-refractivity contribution in [1.29, 1.82) is 0 Å². The monoisotopic (exact) mass is 465 g/mol. The van der Waals surface area contributed by atoms with E-state index in [9.17, 15) is 18.0 Å². The molecule has 1 aliphatic carbocycles. The Balaban J connectivity index is 1.25. The predicted molar refractivity (Wildman–Crippen MR) is 123 cm³/mol. The summed E-state index contributed by atoms with van der Waals surface area (Å²) in [5.74, 6) is 0.643. The number of hydrogen-bond donors (Lipinski definition) is 2. The number of aromatic nitrogens is 2. The Labute approximate surface area is 194 Å². The van der Waals surface area contributed by atoms with Crippen molar-refractivity contribution in [3.8, 4) is 5.75 Å². The summed E-state index contributed by atoms with van der Waals surface area (Å²) in [6.45, 7) is 1.97. The summed E-state index contributed by atoms with van der Waals surface area (Å²) >= 11 is 0. The van der Waals surface area contributed by atoms with Gasteiger partial charge in [0.25, 0.3) is 5.91 Å². The Kier molecular flexibility index (Phi) is 5.51. The normalized spacial score (nSPS) is 17.9. The highest BCUT2D eigenvalue weighted by Gasteiger charge is 2.32. The van der Waals surface area contributed by atoms with Crippen LogP contribution in [0.4, 0.5) is 18.9 Å². The van der Waals surface area contributed by atoms with E-state index in [-0.39, 0.29) is 11.7 Å². The van der Waals surface area contributed by atoms with Gasteiger partial charge in [0.1, 0.15) is 5.75 Å². The molecule has 0 spiro atoms. The maximum absolute atomic E-state index is 12.8. The molecule has 174 valence electrons. The zero-order valence-electron chi connectivity index (χ0n) is 18.3. The molecule has 2 heterocycles. The molecule has 2 aromatic carbocycles. The van der Waals surface area contributed by atoms with E-state index < -0.39 is 17.6 Å². The summed E-state index contributed by atoms with van der Waals surface area (Å²) in [6, 6.07) is 13.9. The Morgan fingerprint density at radius 1 is 1.09 bits per heavy atom. The number of hydrogen-bond acceptors (Lipinski definition) is 3. The van der Waals surface area contributed by atoms with Crippen LogP contribution in [0.1, 0.15) is 45.9 Å². The number of halogens is 3. The van der Waals surface area contributed by atoms with Gasteiger partial charge in [0.2, 0.25) is 0 Å². The third-order valence-electron chi connectivity index (χ3n) is 6.18. The number of carbonyl (C=O) groups excluding carboxylic acids is 1. The third-order valence-corrected chi connectivity index (χ3v) is 6.18. The Morgan fingerprint density at radius 2 is 1.85 bits per heavy atom. The lowest BCUT2D eigenvalue weighted by atomic mass is 9.78. The zero-order chi connectivity index (χ0) is 23.9. The average Bonchev–Trinajstić information content (AvgIpc) is 3.18. The fourth-order valence-electron chi connectivity index (χ4n) is 4.13. The van der Waals surface area contributed by atoms with Crippen molar-refractivity contribution in [2.24, 2.45) is 0 Å². The first-order valence-electron chi connectivity index (χ1n) is 11.0. The summed E-state index contributed by atoms with van der Waals surface area (Å²) in [6.07, 6.45) is 1.06. The van der Waals surface area contributed by atoms with Gasteiger partial charge in [0.05, 0.1) is 17.4 Å². The first-order chi connectivity index (χ1) is 16.3. The topological polar surface area (TPSA) is 67.0 Å². The Hall–Kier alpha value is -3.81. The van der Waals surface area contributed by atoms with Crippen LogP contribution in [0.3, 0.4) is 0 Å². The minimum atomic E-state index is -4.44. The molecule has 34 heavy (non-hydrogen) atoms. The molecular weight excluding hydrogens is 443 g/mol. The van der Waals surface area contributed by atoms with E-state index in [0.717, 1.165) is 53.7 Å². The number of amides is 1. The van der Waals surface area contributed by atoms with E-state index >= 15 is 0 Å². The number of anilines is 1. The molecule has 1 fully saturated rings. The number of fused-ring (bicyclic) bond motifs is 1. The number of carbonyl (C=O) groups is 1. The van der Waals surface area contributed by atoms with Gasteiger partial charge in [-0.2, -0.15) is 13.2 Å². The van der Waals surface area contributed by atoms with Gasteiger partial charge in [-0.15, -0.1) is 0 Å². The van der Waals surface area contributed by atoms with Crippen LogP contribution in [0.2, 0.25) is 0 Å². The van der Waals surface area contributed by atoms with Crippen LogP contribution < -0.4 is 10.1 Å². The van der Waals surface area contributed by atoms with Gasteiger partial charge in [0, 0.05) is 34.6 Å². The van der Waals surface area contributed by atoms with Gasteiger partial charge in [-0.25, -0.2) is 0 Å². The number of nitrogens with one attached hydrogen (secondary N) is 2. The van der Waals surface area contributed by atoms with Gasteiger partial charge in [-0.3, -0.25) is 9.78 Å². The van der Waals surface area contributed by atoms with Crippen LogP contribution in [0.5, 0.6) is 5.75 Å². The molecule has 1 amide bonds. The standard InChI is InChI=1S/C26H22F3N3O2/c1-15-2-3-17(13-30-15)18-10-21(11-18)34-20-8-9-23-22(12-20)24(14-31-23)32-25(33)16-4-6-19(7-5-16)26(27,28)29/h2-9,12-14,18,21,31H,10-11H2,1H3,(H,32,33)/t18-,21-. The fourth-order valence-corrected chi connectivity index (χ4v) is 4.13. The smallest absolute Gasteiger partial charge is 0.416 e. The zero-order valence-corrected chi connectivity index (χ0v) is 18.3. The number of alkyl halides is 3. The fraction of sp³-hybridized carbons (Fsp3) is 0.231. The molecule has 0 bridgehead atoms. The van der Waals surface area contributed by atoms with Gasteiger partial charge >= 0.3 is 6.18 Å². The summed E-state index contributed by atoms with van der Waals surface area (Å²) in [7, 11) is 0. The Morgan fingerprint density at radius 3 is 2.53 bits per heavy atom. The second-order valence-electron chi connectivity index (χ2n) is 8.58. The van der Waals surface area contributed by atoms with E-state index in [1.165, 1.54) is 5.56 Å². The molecule has 2 N–H and O–H groups in total. The molecule has 0 saturated heterocycles. The number of benzene rings is 2. The first-order valence-corrected chi connectivity index (χ1v) is 11.0. The van der Waals surface area contributed by atoms with E-state index in [0.29, 0.717) is 17.4 Å². The second-order valence-corrected chi connectivity index (χ2v) is 8.58. The minimum Gasteiger partial charge on any atom is -0.490 e. The van der Waals surface area contributed by atoms with Gasteiger partial charge in [-0.1, -0.05) is 6.07 Å². The maximum atomic E-state index is 12.8. The van der Waals surface area contributed by atoms with E-state index in [1.54, 1.807) is 6.20 Å². The molecule has 0 unspecified atom stereocenters. The second kappa shape index (κ2) is 8.52. The number of pyridine rings is 1. The number of H-pyrrole nitrogens is 1. The minimum absolute atomic E-state index is 0.105. The molecule has 0 aliphatic heterocycles. The van der Waals surface area contributed by atoms with Crippen LogP contribution in [-0.2, 0) is 6.18 Å². The van der Waals surface area contributed by atoms with E-state index in [1.807, 2.05) is 37.4 Å². The summed E-state index contributed by atoms with van der Waals surface area (Å²) in [4.78, 5) is 20.0. The summed E-state index contributed by atoms with van der Waals surface area (Å²) in [5, 5.41) is 3.53. The molecule has 5 rings (SSSR count). The number of aromatic amines is 1. The lowest BCUT2D eigenvalue weighted by molar-refractivity contribution is -0.137. The lowest BCUT2D eigenvalue weighted by Crippen LogP contribution is -2.32. The molecule has 8 heteroatoms. The first kappa shape index (κ1) is 22.0. The van der Waals surface area contributed by atoms with Crippen molar-refractivity contribution in [2.45, 2.75) is 38.0 Å². The molecule has 2 aromatic heterocycles. The van der Waals surface area contributed by atoms with Crippen molar-refractivity contribution in [1.82, 2.24) is 9.97 Å². The lowest BCUT2D eigenvalue weighted by Gasteiger charge is -2.35. The van der Waals surface area contributed by atoms with Crippen LogP contribution >= 0.6 is 0 Å². The van der Waals surface area contributed by atoms with Gasteiger partial charge in [-0.05, 0) is 79.8 Å². The van der Waals surface area contributed by atoms with Crippen LogP contribution in [-0.4, -0.2) is 22.0 Å². The average molecular weight is 465 g/mol. The number of ether oxygens (including phenoxy) is 1. The van der Waals surface area contributed by atoms with Crippen molar-refractivity contribution in [2.75, 3.05) is 5.32 Å². The molecular formula is C26H22F3N3O2. The largest absolute Gasteiger partial charge is 0.490 e. The van der Waals surface area contributed by atoms with Crippen molar-refractivity contribution in [3.05, 3.63) is 89.4 Å². The van der Waals surface area contributed by atoms with Crippen LogP contribution in [0.25, 0.3) is 10.9 Å². The van der Waals surface area contributed by atoms with Crippen LogP contribution in [0.15, 0.2) is 67.0 Å². The van der Waals surface area contributed by atoms with E-state index in [2.05, 4.69) is 21.4 Å². The van der Waals surface area contributed by atoms with Crippen molar-refractivity contribution < 1.29 is 22.7 Å². The number of rotatable bonds is 5. The van der Waals surface area contributed by atoms with Gasteiger partial charge in [0.15, 0.2) is 0 Å². The summed E-state index contributed by atoms with van der Waals surface area (Å²) < 4.78 is 44.4. The molecule has 0 atom stereocenters. The molecule has 1 saturated carbocycles. The molecule has 5 nitrogen and oxygen atoms in total. The SMILES string of the molecule is Cc1ccc([C@H]2C[C@H](Oc3ccc4[nH]cc(NC(=O)c5ccc(C(F)(F)F)cc5)c4c3)C2)cn1. The highest BCUT2D eigenvalue weighted by Crippen LogP contribution is 2.39. The van der Waals surface area contributed by atoms with Crippen molar-refractivity contribution >= 4 is 22.5 Å². The molecule has 1 aliphatic rings. The molecule has 0 radical (unpaired) electrons. The van der Waals surface area contributed by atoms with Crippen molar-refractivity contribution in [3.63, 3.8) is 0 Å². The highest BCUT2D eigenvalue weighted by atomic mass is 19.4.